The van der Waals surface area contributed by atoms with Crippen molar-refractivity contribution in [1.82, 2.24) is 0 Å². The van der Waals surface area contributed by atoms with Crippen LogP contribution in [0.5, 0.6) is 0 Å². The molecule has 1 fully saturated rings. The van der Waals surface area contributed by atoms with E-state index in [2.05, 4.69) is 13.8 Å². The number of rotatable bonds is 2. The molecule has 2 N–H and O–H groups in total. The third-order valence-electron chi connectivity index (χ3n) is 4.59. The lowest BCUT2D eigenvalue weighted by Crippen LogP contribution is -2.36. The largest absolute Gasteiger partial charge is 0.327 e. The molecule has 0 radical (unpaired) electrons. The zero-order valence-electron chi connectivity index (χ0n) is 11.9. The molecule has 0 spiro atoms. The van der Waals surface area contributed by atoms with Crippen LogP contribution in [0, 0.1) is 30.4 Å². The summed E-state index contributed by atoms with van der Waals surface area (Å²) in [5, 5.41) is 0. The molecule has 3 unspecified atom stereocenters. The van der Waals surface area contributed by atoms with Crippen LogP contribution in [0.2, 0.25) is 0 Å². The number of hydrogen-bond donors (Lipinski definition) is 1. The van der Waals surface area contributed by atoms with Gasteiger partial charge in [0.05, 0.1) is 0 Å². The first-order valence-electron chi connectivity index (χ1n) is 7.12. The van der Waals surface area contributed by atoms with Crippen molar-refractivity contribution in [2.75, 3.05) is 0 Å². The summed E-state index contributed by atoms with van der Waals surface area (Å²) in [6.07, 6.45) is 2.84. The molecule has 1 aromatic rings. The molecule has 0 heterocycles. The Morgan fingerprint density at radius 1 is 1.16 bits per heavy atom. The van der Waals surface area contributed by atoms with E-state index < -0.39 is 11.6 Å². The first-order chi connectivity index (χ1) is 8.91. The second kappa shape index (κ2) is 5.58. The van der Waals surface area contributed by atoms with Crippen molar-refractivity contribution in [1.29, 1.82) is 0 Å². The fraction of sp³-hybridized carbons (Fsp3) is 0.625. The summed E-state index contributed by atoms with van der Waals surface area (Å²) >= 11 is 0. The molecule has 0 bridgehead atoms. The standard InChI is InChI=1S/C16H23F2N/c1-9(2)11-5-7-14(19)13(8-11)12-6-4-10(3)15(17)16(12)18/h4,6,9,11,13-14H,5,7-8,19H2,1-3H3. The summed E-state index contributed by atoms with van der Waals surface area (Å²) < 4.78 is 27.8. The average molecular weight is 267 g/mol. The molecule has 3 heteroatoms. The van der Waals surface area contributed by atoms with Gasteiger partial charge in [0.2, 0.25) is 0 Å². The van der Waals surface area contributed by atoms with Gasteiger partial charge in [0.1, 0.15) is 0 Å². The van der Waals surface area contributed by atoms with Crippen LogP contribution in [0.15, 0.2) is 12.1 Å². The Morgan fingerprint density at radius 2 is 1.84 bits per heavy atom. The van der Waals surface area contributed by atoms with E-state index in [4.69, 9.17) is 5.73 Å². The Balaban J connectivity index is 2.31. The summed E-state index contributed by atoms with van der Waals surface area (Å²) in [4.78, 5) is 0. The van der Waals surface area contributed by atoms with E-state index in [0.717, 1.165) is 19.3 Å². The van der Waals surface area contributed by atoms with Crippen LogP contribution in [0.3, 0.4) is 0 Å². The van der Waals surface area contributed by atoms with Gasteiger partial charge in [0, 0.05) is 12.0 Å². The molecule has 106 valence electrons. The summed E-state index contributed by atoms with van der Waals surface area (Å²) in [5.74, 6) is -0.376. The highest BCUT2D eigenvalue weighted by Gasteiger charge is 2.33. The van der Waals surface area contributed by atoms with E-state index in [1.807, 2.05) is 0 Å². The third-order valence-corrected chi connectivity index (χ3v) is 4.59. The van der Waals surface area contributed by atoms with Crippen molar-refractivity contribution in [3.05, 3.63) is 34.9 Å². The van der Waals surface area contributed by atoms with Crippen molar-refractivity contribution in [2.45, 2.75) is 52.0 Å². The Morgan fingerprint density at radius 3 is 2.47 bits per heavy atom. The van der Waals surface area contributed by atoms with E-state index in [1.54, 1.807) is 19.1 Å². The minimum Gasteiger partial charge on any atom is -0.327 e. The van der Waals surface area contributed by atoms with Gasteiger partial charge in [-0.3, -0.25) is 0 Å². The Hall–Kier alpha value is -0.960. The summed E-state index contributed by atoms with van der Waals surface area (Å²) in [5.41, 5.74) is 6.95. The lowest BCUT2D eigenvalue weighted by molar-refractivity contribution is 0.229. The molecule has 1 aliphatic carbocycles. The smallest absolute Gasteiger partial charge is 0.162 e. The maximum Gasteiger partial charge on any atom is 0.162 e. The molecule has 0 saturated heterocycles. The molecular formula is C16H23F2N. The quantitative estimate of drug-likeness (QED) is 0.856. The van der Waals surface area contributed by atoms with Gasteiger partial charge in [-0.25, -0.2) is 8.78 Å². The van der Waals surface area contributed by atoms with Crippen molar-refractivity contribution < 1.29 is 8.78 Å². The van der Waals surface area contributed by atoms with E-state index in [9.17, 15) is 8.78 Å². The lowest BCUT2D eigenvalue weighted by Gasteiger charge is -2.36. The van der Waals surface area contributed by atoms with Gasteiger partial charge < -0.3 is 5.73 Å². The van der Waals surface area contributed by atoms with Crippen molar-refractivity contribution in [3.8, 4) is 0 Å². The maximum atomic E-state index is 14.1. The highest BCUT2D eigenvalue weighted by atomic mass is 19.2. The van der Waals surface area contributed by atoms with Gasteiger partial charge in [0.15, 0.2) is 11.6 Å². The summed E-state index contributed by atoms with van der Waals surface area (Å²) in [6.45, 7) is 5.95. The van der Waals surface area contributed by atoms with Crippen molar-refractivity contribution in [3.63, 3.8) is 0 Å². The third kappa shape index (κ3) is 2.81. The van der Waals surface area contributed by atoms with Crippen LogP contribution in [0.4, 0.5) is 8.78 Å². The molecular weight excluding hydrogens is 244 g/mol. The van der Waals surface area contributed by atoms with Gasteiger partial charge in [0.25, 0.3) is 0 Å². The number of nitrogens with two attached hydrogens (primary N) is 1. The van der Waals surface area contributed by atoms with Crippen LogP contribution in [-0.4, -0.2) is 6.04 Å². The zero-order valence-corrected chi connectivity index (χ0v) is 11.9. The SMILES string of the molecule is Cc1ccc(C2CC(C(C)C)CCC2N)c(F)c1F. The van der Waals surface area contributed by atoms with E-state index in [1.165, 1.54) is 0 Å². The molecule has 19 heavy (non-hydrogen) atoms. The lowest BCUT2D eigenvalue weighted by atomic mass is 9.71. The number of hydrogen-bond acceptors (Lipinski definition) is 1. The fourth-order valence-electron chi connectivity index (χ4n) is 3.14. The van der Waals surface area contributed by atoms with Crippen LogP contribution in [-0.2, 0) is 0 Å². The second-order valence-corrected chi connectivity index (χ2v) is 6.19. The number of benzene rings is 1. The molecule has 0 aliphatic heterocycles. The van der Waals surface area contributed by atoms with E-state index in [-0.39, 0.29) is 12.0 Å². The van der Waals surface area contributed by atoms with Crippen LogP contribution in [0.1, 0.15) is 50.2 Å². The molecule has 1 aromatic carbocycles. The molecule has 2 rings (SSSR count). The van der Waals surface area contributed by atoms with Crippen molar-refractivity contribution >= 4 is 0 Å². The average Bonchev–Trinajstić information content (AvgIpc) is 2.37. The van der Waals surface area contributed by atoms with Gasteiger partial charge in [-0.1, -0.05) is 26.0 Å². The molecule has 1 nitrogen and oxygen atoms in total. The first-order valence-corrected chi connectivity index (χ1v) is 7.12. The molecule has 1 aliphatic rings. The van der Waals surface area contributed by atoms with Gasteiger partial charge in [-0.15, -0.1) is 0 Å². The molecule has 3 atom stereocenters. The summed E-state index contributed by atoms with van der Waals surface area (Å²) in [7, 11) is 0. The normalized spacial score (nSPS) is 27.8. The Bertz CT molecular complexity index is 456. The molecule has 1 saturated carbocycles. The van der Waals surface area contributed by atoms with Crippen LogP contribution >= 0.6 is 0 Å². The predicted octanol–water partition coefficient (Wildman–Crippen LogP) is 4.14. The predicted molar refractivity (Wildman–Crippen MR) is 74.0 cm³/mol. The van der Waals surface area contributed by atoms with Crippen molar-refractivity contribution in [2.24, 2.45) is 17.6 Å². The number of halogens is 2. The Kier molecular flexibility index (Phi) is 4.24. The van der Waals surface area contributed by atoms with E-state index in [0.29, 0.717) is 23.0 Å². The van der Waals surface area contributed by atoms with Gasteiger partial charge in [-0.05, 0) is 49.1 Å². The number of aryl methyl sites for hydroxylation is 1. The summed E-state index contributed by atoms with van der Waals surface area (Å²) in [6, 6.07) is 3.30. The van der Waals surface area contributed by atoms with Gasteiger partial charge in [-0.2, -0.15) is 0 Å². The minimum atomic E-state index is -0.726. The highest BCUT2D eigenvalue weighted by Crippen LogP contribution is 2.40. The zero-order chi connectivity index (χ0) is 14.2. The Labute approximate surface area is 114 Å². The topological polar surface area (TPSA) is 26.0 Å². The van der Waals surface area contributed by atoms with Crippen LogP contribution < -0.4 is 5.73 Å². The monoisotopic (exact) mass is 267 g/mol. The second-order valence-electron chi connectivity index (χ2n) is 6.19. The van der Waals surface area contributed by atoms with E-state index >= 15 is 0 Å². The van der Waals surface area contributed by atoms with Crippen LogP contribution in [0.25, 0.3) is 0 Å². The molecule has 0 amide bonds. The van der Waals surface area contributed by atoms with Gasteiger partial charge >= 0.3 is 0 Å². The minimum absolute atomic E-state index is 0.0590. The maximum absolute atomic E-state index is 14.1. The fourth-order valence-corrected chi connectivity index (χ4v) is 3.14. The highest BCUT2D eigenvalue weighted by molar-refractivity contribution is 5.29. The first kappa shape index (κ1) is 14.4. The molecule has 0 aromatic heterocycles.